The second kappa shape index (κ2) is 11.8. The van der Waals surface area contributed by atoms with Crippen molar-refractivity contribution in [1.82, 2.24) is 5.32 Å². The lowest BCUT2D eigenvalue weighted by Crippen LogP contribution is -2.35. The fourth-order valence-electron chi connectivity index (χ4n) is 5.84. The van der Waals surface area contributed by atoms with Gasteiger partial charge in [0.2, 0.25) is 0 Å². The molecule has 2 N–H and O–H groups in total. The largest absolute Gasteiger partial charge is 0.481 e. The summed E-state index contributed by atoms with van der Waals surface area (Å²) in [6.45, 7) is 5.04. The van der Waals surface area contributed by atoms with E-state index >= 15 is 0 Å². The van der Waals surface area contributed by atoms with Crippen molar-refractivity contribution in [2.24, 2.45) is 17.8 Å². The Labute approximate surface area is 187 Å². The normalized spacial score (nSPS) is 29.4. The number of carboxylic acid groups (broad SMARTS) is 1. The Kier molecular flexibility index (Phi) is 9.18. The lowest BCUT2D eigenvalue weighted by molar-refractivity contribution is -0.137. The third-order valence-electron chi connectivity index (χ3n) is 7.61. The van der Waals surface area contributed by atoms with Crippen LogP contribution >= 0.6 is 0 Å². The Morgan fingerprint density at radius 1 is 1.03 bits per heavy atom. The molecule has 1 saturated carbocycles. The summed E-state index contributed by atoms with van der Waals surface area (Å²) < 4.78 is 6.23. The maximum absolute atomic E-state index is 13.1. The highest BCUT2D eigenvalue weighted by Crippen LogP contribution is 2.45. The first-order valence-corrected chi connectivity index (χ1v) is 12.5. The number of carboxylic acids is 1. The highest BCUT2D eigenvalue weighted by molar-refractivity contribution is 5.97. The first kappa shape index (κ1) is 24.0. The van der Waals surface area contributed by atoms with Crippen LogP contribution in [0.4, 0.5) is 0 Å². The maximum atomic E-state index is 13.1. The summed E-state index contributed by atoms with van der Waals surface area (Å²) in [5.74, 6) is 0.856. The highest BCUT2D eigenvalue weighted by Gasteiger charge is 2.47. The van der Waals surface area contributed by atoms with Crippen LogP contribution in [-0.4, -0.2) is 35.6 Å². The second-order valence-corrected chi connectivity index (χ2v) is 9.65. The van der Waals surface area contributed by atoms with E-state index in [0.29, 0.717) is 36.2 Å². The van der Waals surface area contributed by atoms with E-state index in [1.165, 1.54) is 19.3 Å². The van der Waals surface area contributed by atoms with E-state index in [2.05, 4.69) is 31.3 Å². The van der Waals surface area contributed by atoms with E-state index < -0.39 is 5.97 Å². The molecule has 174 valence electrons. The maximum Gasteiger partial charge on any atom is 0.303 e. The summed E-state index contributed by atoms with van der Waals surface area (Å²) in [4.78, 5) is 23.7. The zero-order chi connectivity index (χ0) is 22.2. The summed E-state index contributed by atoms with van der Waals surface area (Å²) in [7, 11) is 0. The lowest BCUT2D eigenvalue weighted by Gasteiger charge is -2.28. The number of ether oxygens (including phenoxy) is 1. The van der Waals surface area contributed by atoms with Crippen molar-refractivity contribution in [3.63, 3.8) is 0 Å². The molecule has 0 amide bonds. The number of ketones is 1. The average molecular weight is 432 g/mol. The Hall–Kier alpha value is -1.62. The molecule has 4 atom stereocenters. The van der Waals surface area contributed by atoms with Crippen molar-refractivity contribution in [3.8, 4) is 0 Å². The molecule has 2 saturated heterocycles. The number of hydrogen-bond acceptors (Lipinski definition) is 4. The van der Waals surface area contributed by atoms with Crippen molar-refractivity contribution >= 4 is 11.8 Å². The fraction of sp³-hybridized carbons (Fsp3) is 0.769. The molecule has 0 spiro atoms. The van der Waals surface area contributed by atoms with Gasteiger partial charge >= 0.3 is 5.97 Å². The molecule has 2 bridgehead atoms. The van der Waals surface area contributed by atoms with Crippen molar-refractivity contribution in [1.29, 1.82) is 0 Å². The number of rotatable bonds is 12. The Morgan fingerprint density at radius 2 is 1.74 bits per heavy atom. The van der Waals surface area contributed by atoms with Crippen LogP contribution < -0.4 is 5.32 Å². The predicted octanol–water partition coefficient (Wildman–Crippen LogP) is 5.40. The van der Waals surface area contributed by atoms with E-state index in [9.17, 15) is 9.59 Å². The number of aliphatic carboxylic acids is 1. The lowest BCUT2D eigenvalue weighted by atomic mass is 9.77. The van der Waals surface area contributed by atoms with Crippen molar-refractivity contribution < 1.29 is 19.4 Å². The molecule has 0 aromatic heterocycles. The Balaban J connectivity index is 1.54. The van der Waals surface area contributed by atoms with Crippen LogP contribution in [0.1, 0.15) is 90.9 Å². The van der Waals surface area contributed by atoms with Crippen LogP contribution in [0.3, 0.4) is 0 Å². The molecule has 0 unspecified atom stereocenters. The van der Waals surface area contributed by atoms with Crippen molar-refractivity contribution in [3.05, 3.63) is 23.4 Å². The van der Waals surface area contributed by atoms with E-state index in [1.807, 2.05) is 0 Å². The molecule has 31 heavy (non-hydrogen) atoms. The molecule has 2 aliphatic heterocycles. The van der Waals surface area contributed by atoms with Crippen LogP contribution in [0, 0.1) is 17.8 Å². The van der Waals surface area contributed by atoms with Gasteiger partial charge in [-0.2, -0.15) is 0 Å². The van der Waals surface area contributed by atoms with Gasteiger partial charge in [-0.25, -0.2) is 0 Å². The highest BCUT2D eigenvalue weighted by atomic mass is 16.5. The molecular weight excluding hydrogens is 390 g/mol. The number of unbranched alkanes of at least 4 members (excludes halogenated alkanes) is 1. The van der Waals surface area contributed by atoms with E-state index in [1.54, 1.807) is 0 Å². The summed E-state index contributed by atoms with van der Waals surface area (Å²) in [5.41, 5.74) is 2.05. The Bertz CT molecular complexity index is 677. The van der Waals surface area contributed by atoms with Gasteiger partial charge in [-0.1, -0.05) is 38.3 Å². The van der Waals surface area contributed by atoms with Crippen LogP contribution in [0.25, 0.3) is 0 Å². The summed E-state index contributed by atoms with van der Waals surface area (Å²) >= 11 is 0. The molecule has 5 nitrogen and oxygen atoms in total. The van der Waals surface area contributed by atoms with Gasteiger partial charge in [0.25, 0.3) is 0 Å². The topological polar surface area (TPSA) is 75.6 Å². The number of carbonyl (C=O) groups excluding carboxylic acids is 1. The minimum Gasteiger partial charge on any atom is -0.481 e. The van der Waals surface area contributed by atoms with E-state index in [0.717, 1.165) is 62.8 Å². The predicted molar refractivity (Wildman–Crippen MR) is 123 cm³/mol. The van der Waals surface area contributed by atoms with Crippen molar-refractivity contribution in [2.45, 2.75) is 103 Å². The van der Waals surface area contributed by atoms with Gasteiger partial charge in [0.15, 0.2) is 5.78 Å². The van der Waals surface area contributed by atoms with Gasteiger partial charge < -0.3 is 15.2 Å². The third kappa shape index (κ3) is 6.44. The molecule has 1 aliphatic carbocycles. The van der Waals surface area contributed by atoms with Gasteiger partial charge in [0, 0.05) is 36.1 Å². The first-order chi connectivity index (χ1) is 15.0. The average Bonchev–Trinajstić information content (AvgIpc) is 3.37. The summed E-state index contributed by atoms with van der Waals surface area (Å²) in [5, 5.41) is 12.4. The van der Waals surface area contributed by atoms with E-state index in [4.69, 9.17) is 9.84 Å². The molecule has 0 aromatic carbocycles. The minimum absolute atomic E-state index is 0.227. The number of fused-ring (bicyclic) bond motifs is 2. The second-order valence-electron chi connectivity index (χ2n) is 9.65. The molecule has 2 heterocycles. The van der Waals surface area contributed by atoms with Gasteiger partial charge in [-0.05, 0) is 64.2 Å². The summed E-state index contributed by atoms with van der Waals surface area (Å²) in [6.07, 6.45) is 16.6. The fourth-order valence-corrected chi connectivity index (χ4v) is 5.84. The SMILES string of the molecule is CCC(C(=O)C1CCCCC1)=C(C)NC[C@@H]1[C@H](C/C=C\CCCC(=O)O)[C@@H]2CC[C@H]1O2. The van der Waals surface area contributed by atoms with Crippen molar-refractivity contribution in [2.75, 3.05) is 6.54 Å². The molecule has 3 fully saturated rings. The number of carbonyl (C=O) groups is 2. The molecule has 0 aromatic rings. The monoisotopic (exact) mass is 431 g/mol. The van der Waals surface area contributed by atoms with Crippen LogP contribution in [0.15, 0.2) is 23.4 Å². The van der Waals surface area contributed by atoms with Crippen LogP contribution in [-0.2, 0) is 14.3 Å². The van der Waals surface area contributed by atoms with Crippen LogP contribution in [0.5, 0.6) is 0 Å². The standard InChI is InChI=1S/C26H41NO4/c1-3-20(26(30)19-11-7-6-8-12-19)18(2)27-17-22-21(23-15-16-24(22)31-23)13-9-4-5-10-14-25(28)29/h4,9,19,21-24,27H,3,5-8,10-17H2,1-2H3,(H,28,29)/b9-4-,20-18?/t21-,22+,23-,24+/m0/s1. The van der Waals surface area contributed by atoms with Gasteiger partial charge in [-0.3, -0.25) is 9.59 Å². The minimum atomic E-state index is -0.724. The molecule has 0 radical (unpaired) electrons. The van der Waals surface area contributed by atoms with Gasteiger partial charge in [0.05, 0.1) is 12.2 Å². The first-order valence-electron chi connectivity index (χ1n) is 12.5. The zero-order valence-corrected chi connectivity index (χ0v) is 19.4. The Morgan fingerprint density at radius 3 is 2.42 bits per heavy atom. The quantitative estimate of drug-likeness (QED) is 0.246. The molecule has 3 aliphatic rings. The molecule has 3 rings (SSSR count). The zero-order valence-electron chi connectivity index (χ0n) is 19.4. The van der Waals surface area contributed by atoms with E-state index in [-0.39, 0.29) is 12.3 Å². The van der Waals surface area contributed by atoms with Crippen LogP contribution in [0.2, 0.25) is 0 Å². The number of Topliss-reactive ketones (excluding diaryl/α,β-unsaturated/α-hetero) is 1. The number of nitrogens with one attached hydrogen (secondary N) is 1. The summed E-state index contributed by atoms with van der Waals surface area (Å²) in [6, 6.07) is 0. The van der Waals surface area contributed by atoms with Gasteiger partial charge in [-0.15, -0.1) is 0 Å². The smallest absolute Gasteiger partial charge is 0.303 e. The molecular formula is C26H41NO4. The number of hydrogen-bond donors (Lipinski definition) is 2. The third-order valence-corrected chi connectivity index (χ3v) is 7.61. The number of allylic oxidation sites excluding steroid dienone is 4. The van der Waals surface area contributed by atoms with Gasteiger partial charge in [0.1, 0.15) is 0 Å². The molecule has 5 heteroatoms.